The molecule has 0 radical (unpaired) electrons. The van der Waals surface area contributed by atoms with Crippen LogP contribution in [0, 0.1) is 0 Å². The second-order valence-corrected chi connectivity index (χ2v) is 4.33. The van der Waals surface area contributed by atoms with Gasteiger partial charge in [0.05, 0.1) is 12.6 Å². The first-order valence-electron chi connectivity index (χ1n) is 5.77. The summed E-state index contributed by atoms with van der Waals surface area (Å²) in [5.74, 6) is 2.31. The predicted molar refractivity (Wildman–Crippen MR) is 61.6 cm³/mol. The fraction of sp³-hybridized carbons (Fsp3) is 0.500. The maximum atomic E-state index is 5.09. The van der Waals surface area contributed by atoms with Gasteiger partial charge in [-0.05, 0) is 18.9 Å². The zero-order valence-electron chi connectivity index (χ0n) is 9.36. The molecule has 2 heterocycles. The van der Waals surface area contributed by atoms with Crippen molar-refractivity contribution in [3.8, 4) is 5.88 Å². The van der Waals surface area contributed by atoms with Crippen molar-refractivity contribution < 1.29 is 4.74 Å². The maximum Gasteiger partial charge on any atom is 0.215 e. The van der Waals surface area contributed by atoms with E-state index in [0.717, 1.165) is 17.0 Å². The molecule has 0 aliphatic heterocycles. The van der Waals surface area contributed by atoms with E-state index >= 15 is 0 Å². The number of methoxy groups -OCH3 is 1. The molecule has 0 unspecified atom stereocenters. The van der Waals surface area contributed by atoms with Crippen molar-refractivity contribution in [1.82, 2.24) is 15.0 Å². The molecule has 84 valence electrons. The molecular weight excluding hydrogens is 202 g/mol. The van der Waals surface area contributed by atoms with Gasteiger partial charge in [0.25, 0.3) is 0 Å². The molecule has 0 saturated heterocycles. The molecule has 16 heavy (non-hydrogen) atoms. The summed E-state index contributed by atoms with van der Waals surface area (Å²) >= 11 is 0. The number of imidazole rings is 1. The van der Waals surface area contributed by atoms with Crippen molar-refractivity contribution in [3.63, 3.8) is 0 Å². The first-order valence-corrected chi connectivity index (χ1v) is 5.77. The Hall–Kier alpha value is -1.58. The minimum absolute atomic E-state index is 0.597. The number of ether oxygens (including phenoxy) is 1. The molecule has 1 aliphatic rings. The summed E-state index contributed by atoms with van der Waals surface area (Å²) in [6.07, 6.45) is 5.13. The Morgan fingerprint density at radius 3 is 2.81 bits per heavy atom. The van der Waals surface area contributed by atoms with Gasteiger partial charge in [0.1, 0.15) is 5.82 Å². The second kappa shape index (κ2) is 3.77. The van der Waals surface area contributed by atoms with E-state index in [2.05, 4.69) is 15.0 Å². The first-order chi connectivity index (χ1) is 7.86. The molecule has 0 aromatic carbocycles. The van der Waals surface area contributed by atoms with Crippen molar-refractivity contribution in [2.45, 2.75) is 31.6 Å². The van der Waals surface area contributed by atoms with Gasteiger partial charge in [0.2, 0.25) is 5.88 Å². The smallest absolute Gasteiger partial charge is 0.215 e. The SMILES string of the molecule is COc1ccc2[nH]c(C3CCCC3)nc2n1. The molecular formula is C12H15N3O. The third kappa shape index (κ3) is 1.54. The van der Waals surface area contributed by atoms with Crippen LogP contribution in [0.4, 0.5) is 0 Å². The van der Waals surface area contributed by atoms with E-state index in [1.165, 1.54) is 25.7 Å². The van der Waals surface area contributed by atoms with E-state index < -0.39 is 0 Å². The highest BCUT2D eigenvalue weighted by Gasteiger charge is 2.20. The summed E-state index contributed by atoms with van der Waals surface area (Å²) in [4.78, 5) is 12.2. The molecule has 4 nitrogen and oxygen atoms in total. The lowest BCUT2D eigenvalue weighted by Crippen LogP contribution is -1.94. The van der Waals surface area contributed by atoms with E-state index in [4.69, 9.17) is 4.74 Å². The standard InChI is InChI=1S/C12H15N3O/c1-16-10-7-6-9-12(14-10)15-11(13-9)8-4-2-3-5-8/h6-8H,2-5H2,1H3,(H,13,14,15). The van der Waals surface area contributed by atoms with Gasteiger partial charge in [-0.3, -0.25) is 0 Å². The summed E-state index contributed by atoms with van der Waals surface area (Å²) in [6, 6.07) is 3.84. The Labute approximate surface area is 94.1 Å². The van der Waals surface area contributed by atoms with Gasteiger partial charge in [-0.25, -0.2) is 4.98 Å². The summed E-state index contributed by atoms with van der Waals surface area (Å²) in [7, 11) is 1.62. The summed E-state index contributed by atoms with van der Waals surface area (Å²) in [5, 5.41) is 0. The van der Waals surface area contributed by atoms with Crippen LogP contribution in [0.1, 0.15) is 37.4 Å². The maximum absolute atomic E-state index is 5.09. The van der Waals surface area contributed by atoms with E-state index in [1.54, 1.807) is 7.11 Å². The summed E-state index contributed by atoms with van der Waals surface area (Å²) < 4.78 is 5.09. The van der Waals surface area contributed by atoms with Crippen molar-refractivity contribution in [2.75, 3.05) is 7.11 Å². The van der Waals surface area contributed by atoms with Gasteiger partial charge in [-0.15, -0.1) is 0 Å². The topological polar surface area (TPSA) is 50.8 Å². The van der Waals surface area contributed by atoms with Crippen LogP contribution in [0.15, 0.2) is 12.1 Å². The van der Waals surface area contributed by atoms with Gasteiger partial charge in [0.15, 0.2) is 5.65 Å². The van der Waals surface area contributed by atoms with E-state index in [0.29, 0.717) is 11.8 Å². The van der Waals surface area contributed by atoms with E-state index in [1.807, 2.05) is 12.1 Å². The zero-order chi connectivity index (χ0) is 11.0. The molecule has 4 heteroatoms. The fourth-order valence-corrected chi connectivity index (χ4v) is 2.40. The van der Waals surface area contributed by atoms with Crippen LogP contribution in [0.3, 0.4) is 0 Å². The molecule has 2 aromatic heterocycles. The molecule has 0 spiro atoms. The second-order valence-electron chi connectivity index (χ2n) is 4.33. The monoisotopic (exact) mass is 217 g/mol. The predicted octanol–water partition coefficient (Wildman–Crippen LogP) is 2.62. The third-order valence-electron chi connectivity index (χ3n) is 3.29. The van der Waals surface area contributed by atoms with Crippen molar-refractivity contribution in [3.05, 3.63) is 18.0 Å². The largest absolute Gasteiger partial charge is 0.481 e. The van der Waals surface area contributed by atoms with Crippen LogP contribution >= 0.6 is 0 Å². The molecule has 1 aliphatic carbocycles. The van der Waals surface area contributed by atoms with Crippen molar-refractivity contribution >= 4 is 11.2 Å². The highest BCUT2D eigenvalue weighted by atomic mass is 16.5. The van der Waals surface area contributed by atoms with E-state index in [9.17, 15) is 0 Å². The average Bonchev–Trinajstić information content (AvgIpc) is 2.96. The minimum atomic E-state index is 0.597. The lowest BCUT2D eigenvalue weighted by atomic mass is 10.1. The normalized spacial score (nSPS) is 17.1. The fourth-order valence-electron chi connectivity index (χ4n) is 2.40. The average molecular weight is 217 g/mol. The highest BCUT2D eigenvalue weighted by molar-refractivity contribution is 5.71. The number of pyridine rings is 1. The Balaban J connectivity index is 2.01. The van der Waals surface area contributed by atoms with Crippen LogP contribution in [0.2, 0.25) is 0 Å². The lowest BCUT2D eigenvalue weighted by Gasteiger charge is -2.02. The number of aromatic nitrogens is 3. The molecule has 0 amide bonds. The quantitative estimate of drug-likeness (QED) is 0.841. The van der Waals surface area contributed by atoms with Gasteiger partial charge >= 0.3 is 0 Å². The zero-order valence-corrected chi connectivity index (χ0v) is 9.36. The third-order valence-corrected chi connectivity index (χ3v) is 3.29. The van der Waals surface area contributed by atoms with Crippen molar-refractivity contribution in [1.29, 1.82) is 0 Å². The Bertz CT molecular complexity index is 500. The number of nitrogens with one attached hydrogen (secondary N) is 1. The van der Waals surface area contributed by atoms with Crippen molar-refractivity contribution in [2.24, 2.45) is 0 Å². The van der Waals surface area contributed by atoms with Crippen LogP contribution < -0.4 is 4.74 Å². The number of fused-ring (bicyclic) bond motifs is 1. The van der Waals surface area contributed by atoms with Gasteiger partial charge < -0.3 is 9.72 Å². The number of H-pyrrole nitrogens is 1. The van der Waals surface area contributed by atoms with Gasteiger partial charge in [0, 0.05) is 12.0 Å². The first kappa shape index (κ1) is 9.63. The number of aromatic amines is 1. The lowest BCUT2D eigenvalue weighted by molar-refractivity contribution is 0.399. The summed E-state index contributed by atoms with van der Waals surface area (Å²) in [5.41, 5.74) is 1.77. The number of nitrogens with zero attached hydrogens (tertiary/aromatic N) is 2. The van der Waals surface area contributed by atoms with Gasteiger partial charge in [-0.2, -0.15) is 4.98 Å². The number of hydrogen-bond donors (Lipinski definition) is 1. The van der Waals surface area contributed by atoms with Crippen LogP contribution in [0.25, 0.3) is 11.2 Å². The van der Waals surface area contributed by atoms with Crippen LogP contribution in [-0.4, -0.2) is 22.1 Å². The Morgan fingerprint density at radius 1 is 1.25 bits per heavy atom. The van der Waals surface area contributed by atoms with Crippen LogP contribution in [0.5, 0.6) is 5.88 Å². The van der Waals surface area contributed by atoms with Gasteiger partial charge in [-0.1, -0.05) is 12.8 Å². The molecule has 1 fully saturated rings. The molecule has 1 saturated carbocycles. The van der Waals surface area contributed by atoms with E-state index in [-0.39, 0.29) is 0 Å². The molecule has 3 rings (SSSR count). The highest BCUT2D eigenvalue weighted by Crippen LogP contribution is 2.33. The van der Waals surface area contributed by atoms with Crippen LogP contribution in [-0.2, 0) is 0 Å². The Morgan fingerprint density at radius 2 is 2.06 bits per heavy atom. The number of rotatable bonds is 2. The minimum Gasteiger partial charge on any atom is -0.481 e. The molecule has 2 aromatic rings. The molecule has 1 N–H and O–H groups in total. The summed E-state index contributed by atoms with van der Waals surface area (Å²) in [6.45, 7) is 0. The Kier molecular flexibility index (Phi) is 2.27. The number of hydrogen-bond acceptors (Lipinski definition) is 3. The molecule has 0 bridgehead atoms. The molecule has 0 atom stereocenters.